The molecule has 0 spiro atoms. The largest absolute Gasteiger partial charge is 0.479 e. The SMILES string of the molecule is CCCC1(C(=O)O)CCCN1C(=O)N(C)c1ccccc1. The van der Waals surface area contributed by atoms with E-state index in [0.29, 0.717) is 19.4 Å². The number of para-hydroxylation sites is 1. The van der Waals surface area contributed by atoms with Crippen molar-refractivity contribution in [3.63, 3.8) is 0 Å². The fraction of sp³-hybridized carbons (Fsp3) is 0.500. The predicted octanol–water partition coefficient (Wildman–Crippen LogP) is 2.96. The van der Waals surface area contributed by atoms with Crippen LogP contribution in [0.4, 0.5) is 10.5 Å². The van der Waals surface area contributed by atoms with Gasteiger partial charge in [0.25, 0.3) is 0 Å². The molecular weight excluding hydrogens is 268 g/mol. The van der Waals surface area contributed by atoms with E-state index in [4.69, 9.17) is 0 Å². The van der Waals surface area contributed by atoms with Gasteiger partial charge in [0.15, 0.2) is 0 Å². The topological polar surface area (TPSA) is 60.9 Å². The van der Waals surface area contributed by atoms with E-state index < -0.39 is 11.5 Å². The highest BCUT2D eigenvalue weighted by Crippen LogP contribution is 2.35. The van der Waals surface area contributed by atoms with Gasteiger partial charge in [0.2, 0.25) is 0 Å². The average Bonchev–Trinajstić information content (AvgIpc) is 2.92. The number of anilines is 1. The maximum atomic E-state index is 12.7. The van der Waals surface area contributed by atoms with Crippen molar-refractivity contribution in [1.82, 2.24) is 4.90 Å². The van der Waals surface area contributed by atoms with Crippen LogP contribution in [0.15, 0.2) is 30.3 Å². The first-order chi connectivity index (χ1) is 10.0. The van der Waals surface area contributed by atoms with E-state index in [1.807, 2.05) is 37.3 Å². The molecule has 5 nitrogen and oxygen atoms in total. The highest BCUT2D eigenvalue weighted by Gasteiger charge is 2.49. The molecule has 1 aliphatic heterocycles. The van der Waals surface area contributed by atoms with Crippen LogP contribution in [0, 0.1) is 0 Å². The smallest absolute Gasteiger partial charge is 0.329 e. The van der Waals surface area contributed by atoms with Gasteiger partial charge < -0.3 is 10.0 Å². The summed E-state index contributed by atoms with van der Waals surface area (Å²) in [6.45, 7) is 2.45. The molecule has 5 heteroatoms. The van der Waals surface area contributed by atoms with Crippen LogP contribution in [0.25, 0.3) is 0 Å². The number of carbonyl (C=O) groups is 2. The Morgan fingerprint density at radius 3 is 2.57 bits per heavy atom. The van der Waals surface area contributed by atoms with Crippen LogP contribution in [-0.4, -0.2) is 41.1 Å². The Hall–Kier alpha value is -2.04. The zero-order valence-corrected chi connectivity index (χ0v) is 12.6. The standard InChI is InChI=1S/C16H22N2O3/c1-3-10-16(14(19)20)11-7-12-18(16)15(21)17(2)13-8-5-4-6-9-13/h4-6,8-9H,3,7,10-12H2,1-2H3,(H,19,20). The van der Waals surface area contributed by atoms with Gasteiger partial charge in [-0.15, -0.1) is 0 Å². The lowest BCUT2D eigenvalue weighted by atomic mass is 9.91. The summed E-state index contributed by atoms with van der Waals surface area (Å²) in [5, 5.41) is 9.65. The minimum Gasteiger partial charge on any atom is -0.479 e. The summed E-state index contributed by atoms with van der Waals surface area (Å²) >= 11 is 0. The first kappa shape index (κ1) is 15.4. The third kappa shape index (κ3) is 2.73. The van der Waals surface area contributed by atoms with Crippen molar-refractivity contribution in [1.29, 1.82) is 0 Å². The summed E-state index contributed by atoms with van der Waals surface area (Å²) in [6, 6.07) is 9.05. The number of rotatable bonds is 4. The number of carbonyl (C=O) groups excluding carboxylic acids is 1. The molecule has 1 heterocycles. The van der Waals surface area contributed by atoms with Crippen LogP contribution < -0.4 is 4.90 Å². The van der Waals surface area contributed by atoms with Gasteiger partial charge in [-0.2, -0.15) is 0 Å². The van der Waals surface area contributed by atoms with Crippen LogP contribution in [0.2, 0.25) is 0 Å². The first-order valence-corrected chi connectivity index (χ1v) is 7.36. The minimum absolute atomic E-state index is 0.241. The Morgan fingerprint density at radius 2 is 2.00 bits per heavy atom. The Labute approximate surface area is 125 Å². The highest BCUT2D eigenvalue weighted by atomic mass is 16.4. The lowest BCUT2D eigenvalue weighted by Gasteiger charge is -2.37. The third-order valence-electron chi connectivity index (χ3n) is 4.21. The van der Waals surface area contributed by atoms with Crippen molar-refractivity contribution in [3.05, 3.63) is 30.3 Å². The molecule has 114 valence electrons. The second-order valence-electron chi connectivity index (χ2n) is 5.52. The van der Waals surface area contributed by atoms with Gasteiger partial charge in [0.1, 0.15) is 5.54 Å². The maximum absolute atomic E-state index is 12.7. The number of urea groups is 1. The normalized spacial score (nSPS) is 21.3. The van der Waals surface area contributed by atoms with Gasteiger partial charge in [-0.25, -0.2) is 9.59 Å². The summed E-state index contributed by atoms with van der Waals surface area (Å²) in [6.07, 6.45) is 2.51. The molecule has 1 aromatic carbocycles. The molecule has 1 saturated heterocycles. The maximum Gasteiger partial charge on any atom is 0.329 e. The summed E-state index contributed by atoms with van der Waals surface area (Å²) in [5.74, 6) is -0.892. The van der Waals surface area contributed by atoms with Crippen molar-refractivity contribution in [2.75, 3.05) is 18.5 Å². The molecule has 1 atom stereocenters. The molecule has 0 radical (unpaired) electrons. The molecule has 2 amide bonds. The van der Waals surface area contributed by atoms with E-state index in [2.05, 4.69) is 0 Å². The van der Waals surface area contributed by atoms with Crippen LogP contribution >= 0.6 is 0 Å². The van der Waals surface area contributed by atoms with E-state index >= 15 is 0 Å². The van der Waals surface area contributed by atoms with Gasteiger partial charge in [-0.3, -0.25) is 4.90 Å². The monoisotopic (exact) mass is 290 g/mol. The summed E-state index contributed by atoms with van der Waals surface area (Å²) in [4.78, 5) is 27.6. The summed E-state index contributed by atoms with van der Waals surface area (Å²) in [7, 11) is 1.69. The van der Waals surface area contributed by atoms with Crippen molar-refractivity contribution in [2.24, 2.45) is 0 Å². The fourth-order valence-corrected chi connectivity index (χ4v) is 3.10. The van der Waals surface area contributed by atoms with Gasteiger partial charge >= 0.3 is 12.0 Å². The predicted molar refractivity (Wildman–Crippen MR) is 81.5 cm³/mol. The van der Waals surface area contributed by atoms with Crippen molar-refractivity contribution in [3.8, 4) is 0 Å². The molecule has 21 heavy (non-hydrogen) atoms. The lowest BCUT2D eigenvalue weighted by Crippen LogP contribution is -2.56. The van der Waals surface area contributed by atoms with Crippen molar-refractivity contribution < 1.29 is 14.7 Å². The van der Waals surface area contributed by atoms with E-state index in [1.54, 1.807) is 7.05 Å². The highest BCUT2D eigenvalue weighted by molar-refractivity contribution is 5.95. The molecule has 1 aromatic rings. The van der Waals surface area contributed by atoms with Gasteiger partial charge in [-0.05, 0) is 31.4 Å². The van der Waals surface area contributed by atoms with Crippen LogP contribution in [0.5, 0.6) is 0 Å². The zero-order valence-electron chi connectivity index (χ0n) is 12.6. The summed E-state index contributed by atoms with van der Waals surface area (Å²) < 4.78 is 0. The molecule has 1 N–H and O–H groups in total. The molecule has 0 aromatic heterocycles. The number of hydrogen-bond acceptors (Lipinski definition) is 2. The lowest BCUT2D eigenvalue weighted by molar-refractivity contribution is -0.148. The molecule has 1 fully saturated rings. The van der Waals surface area contributed by atoms with Crippen LogP contribution in [-0.2, 0) is 4.79 Å². The number of likely N-dealkylation sites (tertiary alicyclic amines) is 1. The molecule has 0 aliphatic carbocycles. The fourth-order valence-electron chi connectivity index (χ4n) is 3.10. The minimum atomic E-state index is -1.05. The number of amides is 2. The number of benzene rings is 1. The Kier molecular flexibility index (Phi) is 4.50. The van der Waals surface area contributed by atoms with Crippen LogP contribution in [0.1, 0.15) is 32.6 Å². The second kappa shape index (κ2) is 6.16. The van der Waals surface area contributed by atoms with Crippen molar-refractivity contribution in [2.45, 2.75) is 38.1 Å². The van der Waals surface area contributed by atoms with Crippen molar-refractivity contribution >= 4 is 17.7 Å². The van der Waals surface area contributed by atoms with E-state index in [0.717, 1.165) is 18.5 Å². The molecule has 2 rings (SSSR count). The van der Waals surface area contributed by atoms with E-state index in [1.165, 1.54) is 9.80 Å². The molecular formula is C16H22N2O3. The van der Waals surface area contributed by atoms with E-state index in [-0.39, 0.29) is 6.03 Å². The van der Waals surface area contributed by atoms with E-state index in [9.17, 15) is 14.7 Å². The summed E-state index contributed by atoms with van der Waals surface area (Å²) in [5.41, 5.74) is -0.278. The third-order valence-corrected chi connectivity index (χ3v) is 4.21. The Morgan fingerprint density at radius 1 is 1.33 bits per heavy atom. The van der Waals surface area contributed by atoms with Gasteiger partial charge in [0.05, 0.1) is 0 Å². The number of hydrogen-bond donors (Lipinski definition) is 1. The number of aliphatic carboxylic acids is 1. The number of nitrogens with zero attached hydrogens (tertiary/aromatic N) is 2. The van der Waals surface area contributed by atoms with Gasteiger partial charge in [0, 0.05) is 19.3 Å². The molecule has 0 bridgehead atoms. The zero-order chi connectivity index (χ0) is 15.5. The Bertz CT molecular complexity index is 518. The number of carboxylic acid groups (broad SMARTS) is 1. The number of carboxylic acids is 1. The average molecular weight is 290 g/mol. The quantitative estimate of drug-likeness (QED) is 0.927. The first-order valence-electron chi connectivity index (χ1n) is 7.36. The second-order valence-corrected chi connectivity index (χ2v) is 5.52. The molecule has 1 aliphatic rings. The Balaban J connectivity index is 2.27. The molecule has 0 saturated carbocycles. The van der Waals surface area contributed by atoms with Gasteiger partial charge in [-0.1, -0.05) is 31.5 Å². The van der Waals surface area contributed by atoms with Crippen LogP contribution in [0.3, 0.4) is 0 Å². The molecule has 1 unspecified atom stereocenters.